The molecule has 4 heterocycles. The molecule has 1 aliphatic carbocycles. The van der Waals surface area contributed by atoms with E-state index in [1.165, 1.54) is 4.80 Å². The molecule has 11 heteroatoms. The second-order valence-electron chi connectivity index (χ2n) is 8.74. The molecule has 10 nitrogen and oxygen atoms in total. The van der Waals surface area contributed by atoms with Crippen LogP contribution in [0.15, 0.2) is 61.2 Å². The number of carbonyl (C=O) groups excluding carboxylic acids is 2. The van der Waals surface area contributed by atoms with Gasteiger partial charge in [-0.05, 0) is 37.1 Å². The van der Waals surface area contributed by atoms with E-state index in [1.54, 1.807) is 53.7 Å². The summed E-state index contributed by atoms with van der Waals surface area (Å²) >= 11 is 6.42. The van der Waals surface area contributed by atoms with Crippen molar-refractivity contribution in [3.63, 3.8) is 0 Å². The summed E-state index contributed by atoms with van der Waals surface area (Å²) in [4.78, 5) is 31.5. The molecule has 0 bridgehead atoms. The van der Waals surface area contributed by atoms with Crippen LogP contribution in [0.4, 0.5) is 11.5 Å². The number of hydrogen-bond donors (Lipinski definition) is 2. The number of rotatable bonds is 5. The molecule has 36 heavy (non-hydrogen) atoms. The first-order chi connectivity index (χ1) is 17.6. The zero-order chi connectivity index (χ0) is 24.4. The number of aromatic nitrogens is 6. The number of nitrogens with one attached hydrogen (secondary N) is 2. The molecule has 1 aliphatic heterocycles. The van der Waals surface area contributed by atoms with Gasteiger partial charge in [0.05, 0.1) is 52.3 Å². The number of halogens is 1. The Labute approximate surface area is 208 Å². The summed E-state index contributed by atoms with van der Waals surface area (Å²) in [6, 6.07) is 10.7. The third-order valence-corrected chi connectivity index (χ3v) is 6.76. The van der Waals surface area contributed by atoms with Crippen LogP contribution < -0.4 is 10.6 Å². The van der Waals surface area contributed by atoms with E-state index >= 15 is 0 Å². The van der Waals surface area contributed by atoms with Crippen LogP contribution in [0.25, 0.3) is 22.1 Å². The standard InChI is InChI=1S/C25H17ClN8O2/c26-18-10-14(6-7-19(18)34-28-8-9-29-34)31-25(36)17-11-30-33(22(17)13-4-5-13)20-12-27-23-21-15(20)2-1-3-16(21)24(35)32-23/h1-3,6-13H,4-5H2,(H,31,36)(H,27,32,35). The lowest BCUT2D eigenvalue weighted by Gasteiger charge is -2.12. The van der Waals surface area contributed by atoms with E-state index in [-0.39, 0.29) is 17.7 Å². The van der Waals surface area contributed by atoms with Crippen LogP contribution in [0.2, 0.25) is 5.02 Å². The highest BCUT2D eigenvalue weighted by atomic mass is 35.5. The predicted octanol–water partition coefficient (Wildman–Crippen LogP) is 4.35. The normalized spacial score (nSPS) is 14.3. The Balaban J connectivity index is 1.26. The van der Waals surface area contributed by atoms with Gasteiger partial charge in [-0.3, -0.25) is 9.59 Å². The van der Waals surface area contributed by atoms with Crippen molar-refractivity contribution in [1.29, 1.82) is 0 Å². The fraction of sp³-hybridized carbons (Fsp3) is 0.120. The Morgan fingerprint density at radius 3 is 2.67 bits per heavy atom. The fourth-order valence-electron chi connectivity index (χ4n) is 4.67. The molecule has 1 fully saturated rings. The number of hydrogen-bond acceptors (Lipinski definition) is 6. The van der Waals surface area contributed by atoms with E-state index in [4.69, 9.17) is 11.6 Å². The van der Waals surface area contributed by atoms with E-state index in [0.29, 0.717) is 33.3 Å². The van der Waals surface area contributed by atoms with Gasteiger partial charge in [0.2, 0.25) is 0 Å². The van der Waals surface area contributed by atoms with Crippen LogP contribution >= 0.6 is 11.6 Å². The van der Waals surface area contributed by atoms with Crippen molar-refractivity contribution in [2.45, 2.75) is 18.8 Å². The number of pyridine rings is 1. The number of anilines is 2. The van der Waals surface area contributed by atoms with Crippen molar-refractivity contribution in [3.8, 4) is 11.4 Å². The third kappa shape index (κ3) is 3.18. The lowest BCUT2D eigenvalue weighted by molar-refractivity contribution is 0.102. The first kappa shape index (κ1) is 20.8. The molecule has 2 amide bonds. The van der Waals surface area contributed by atoms with Crippen LogP contribution in [0.3, 0.4) is 0 Å². The Morgan fingerprint density at radius 1 is 1.06 bits per heavy atom. The van der Waals surface area contributed by atoms with E-state index in [9.17, 15) is 9.59 Å². The van der Waals surface area contributed by atoms with Crippen molar-refractivity contribution in [3.05, 3.63) is 83.0 Å². The van der Waals surface area contributed by atoms with E-state index in [2.05, 4.69) is 30.9 Å². The van der Waals surface area contributed by atoms with Crippen molar-refractivity contribution in [2.24, 2.45) is 0 Å². The Morgan fingerprint density at radius 2 is 1.89 bits per heavy atom. The van der Waals surface area contributed by atoms with Gasteiger partial charge in [0, 0.05) is 22.4 Å². The van der Waals surface area contributed by atoms with Crippen LogP contribution in [0, 0.1) is 0 Å². The van der Waals surface area contributed by atoms with Crippen molar-refractivity contribution in [1.82, 2.24) is 29.8 Å². The molecule has 5 aromatic rings. The second-order valence-corrected chi connectivity index (χ2v) is 9.15. The first-order valence-corrected chi connectivity index (χ1v) is 11.8. The topological polar surface area (TPSA) is 120 Å². The summed E-state index contributed by atoms with van der Waals surface area (Å²) in [6.07, 6.45) is 8.34. The zero-order valence-electron chi connectivity index (χ0n) is 18.6. The van der Waals surface area contributed by atoms with Gasteiger partial charge in [-0.25, -0.2) is 9.67 Å². The van der Waals surface area contributed by atoms with Crippen LogP contribution in [-0.2, 0) is 0 Å². The van der Waals surface area contributed by atoms with E-state index in [0.717, 1.165) is 35.0 Å². The van der Waals surface area contributed by atoms with Crippen LogP contribution in [-0.4, -0.2) is 41.6 Å². The minimum absolute atomic E-state index is 0.170. The monoisotopic (exact) mass is 496 g/mol. The minimum Gasteiger partial charge on any atom is -0.322 e. The molecular formula is C25H17ClN8O2. The van der Waals surface area contributed by atoms with Gasteiger partial charge in [0.15, 0.2) is 0 Å². The number of nitrogens with zero attached hydrogens (tertiary/aromatic N) is 6. The number of amides is 2. The summed E-state index contributed by atoms with van der Waals surface area (Å²) in [7, 11) is 0. The molecule has 2 N–H and O–H groups in total. The average Bonchev–Trinajstić information content (AvgIpc) is 3.26. The van der Waals surface area contributed by atoms with Crippen LogP contribution in [0.1, 0.15) is 45.2 Å². The Bertz CT molecular complexity index is 1710. The van der Waals surface area contributed by atoms with E-state index < -0.39 is 0 Å². The van der Waals surface area contributed by atoms with Crippen molar-refractivity contribution < 1.29 is 9.59 Å². The average molecular weight is 497 g/mol. The predicted molar refractivity (Wildman–Crippen MR) is 133 cm³/mol. The largest absolute Gasteiger partial charge is 0.322 e. The molecule has 3 aromatic heterocycles. The quantitative estimate of drug-likeness (QED) is 0.373. The smallest absolute Gasteiger partial charge is 0.259 e. The molecule has 0 spiro atoms. The highest BCUT2D eigenvalue weighted by Crippen LogP contribution is 2.44. The summed E-state index contributed by atoms with van der Waals surface area (Å²) in [5.74, 6) is 0.308. The van der Waals surface area contributed by atoms with Gasteiger partial charge < -0.3 is 10.6 Å². The highest BCUT2D eigenvalue weighted by molar-refractivity contribution is 6.32. The molecule has 0 atom stereocenters. The minimum atomic E-state index is -0.278. The second kappa shape index (κ2) is 7.72. The van der Waals surface area contributed by atoms with Crippen molar-refractivity contribution in [2.75, 3.05) is 10.6 Å². The van der Waals surface area contributed by atoms with Gasteiger partial charge in [0.1, 0.15) is 11.5 Å². The molecule has 1 saturated carbocycles. The SMILES string of the molecule is O=C(Nc1ccc(-n2nccn2)c(Cl)c1)c1cnn(-c2cnc3c4c(cccc24)C(=O)N3)c1C1CC1. The van der Waals surface area contributed by atoms with Crippen molar-refractivity contribution >= 4 is 45.7 Å². The maximum Gasteiger partial charge on any atom is 0.259 e. The molecular weight excluding hydrogens is 480 g/mol. The van der Waals surface area contributed by atoms with Gasteiger partial charge >= 0.3 is 0 Å². The summed E-state index contributed by atoms with van der Waals surface area (Å²) in [6.45, 7) is 0. The first-order valence-electron chi connectivity index (χ1n) is 11.4. The fourth-order valence-corrected chi connectivity index (χ4v) is 4.92. The molecule has 176 valence electrons. The van der Waals surface area contributed by atoms with Gasteiger partial charge in [-0.2, -0.15) is 20.1 Å². The third-order valence-electron chi connectivity index (χ3n) is 6.45. The van der Waals surface area contributed by atoms with Gasteiger partial charge in [-0.1, -0.05) is 23.7 Å². The summed E-state index contributed by atoms with van der Waals surface area (Å²) in [5.41, 5.74) is 3.79. The molecule has 0 radical (unpaired) electrons. The molecule has 0 saturated heterocycles. The summed E-state index contributed by atoms with van der Waals surface area (Å²) in [5, 5.41) is 20.5. The Hall–Kier alpha value is -4.57. The number of benzene rings is 2. The molecule has 0 unspecified atom stereocenters. The van der Waals surface area contributed by atoms with Gasteiger partial charge in [0.25, 0.3) is 11.8 Å². The zero-order valence-corrected chi connectivity index (χ0v) is 19.4. The lowest BCUT2D eigenvalue weighted by Crippen LogP contribution is -2.14. The Kier molecular flexibility index (Phi) is 4.45. The lowest BCUT2D eigenvalue weighted by atomic mass is 10.1. The maximum atomic E-state index is 13.4. The number of carbonyl (C=O) groups is 2. The van der Waals surface area contributed by atoms with Gasteiger partial charge in [-0.15, -0.1) is 0 Å². The molecule has 7 rings (SSSR count). The molecule has 2 aliphatic rings. The highest BCUT2D eigenvalue weighted by Gasteiger charge is 2.34. The summed E-state index contributed by atoms with van der Waals surface area (Å²) < 4.78 is 1.78. The van der Waals surface area contributed by atoms with Crippen LogP contribution in [0.5, 0.6) is 0 Å². The van der Waals surface area contributed by atoms with E-state index in [1.807, 2.05) is 12.1 Å². The maximum absolute atomic E-state index is 13.4. The molecule has 2 aromatic carbocycles.